The van der Waals surface area contributed by atoms with Crippen molar-refractivity contribution in [2.45, 2.75) is 97.4 Å². The summed E-state index contributed by atoms with van der Waals surface area (Å²) in [5.74, 6) is 0. The van der Waals surface area contributed by atoms with Gasteiger partial charge in [-0.25, -0.2) is 0 Å². The van der Waals surface area contributed by atoms with Gasteiger partial charge in [0, 0.05) is 24.2 Å². The average molecular weight is 307 g/mol. The number of nitrogens with zero attached hydrogens (tertiary/aromatic N) is 2. The van der Waals surface area contributed by atoms with Gasteiger partial charge in [-0.2, -0.15) is 0 Å². The van der Waals surface area contributed by atoms with Crippen molar-refractivity contribution in [2.75, 3.05) is 0 Å². The van der Waals surface area contributed by atoms with E-state index in [0.29, 0.717) is 0 Å². The van der Waals surface area contributed by atoms with Gasteiger partial charge in [-0.3, -0.25) is 4.99 Å². The first-order valence-electron chi connectivity index (χ1n) is 9.23. The zero-order valence-corrected chi connectivity index (χ0v) is 15.5. The normalized spacial score (nSPS) is 14.5. The maximum atomic E-state index is 4.30. The molecule has 0 bridgehead atoms. The van der Waals surface area contributed by atoms with E-state index >= 15 is 0 Å². The fourth-order valence-electron chi connectivity index (χ4n) is 2.81. The molecular weight excluding hydrogens is 268 g/mol. The van der Waals surface area contributed by atoms with Gasteiger partial charge in [0.1, 0.15) is 0 Å². The zero-order valence-electron chi connectivity index (χ0n) is 15.5. The minimum absolute atomic E-state index is 0.170. The van der Waals surface area contributed by atoms with Gasteiger partial charge in [-0.05, 0) is 32.4 Å². The van der Waals surface area contributed by atoms with E-state index in [1.165, 1.54) is 57.8 Å². The van der Waals surface area contributed by atoms with Crippen LogP contribution in [0, 0.1) is 0 Å². The molecule has 0 aromatic rings. The van der Waals surface area contributed by atoms with Gasteiger partial charge in [0.2, 0.25) is 0 Å². The Morgan fingerprint density at radius 2 is 1.55 bits per heavy atom. The number of rotatable bonds is 14. The molecule has 128 valence electrons. The highest BCUT2D eigenvalue weighted by atomic mass is 15.2. The third-order valence-electron chi connectivity index (χ3n) is 4.31. The van der Waals surface area contributed by atoms with Crippen LogP contribution in [0.4, 0.5) is 0 Å². The Morgan fingerprint density at radius 3 is 2.09 bits per heavy atom. The summed E-state index contributed by atoms with van der Waals surface area (Å²) in [4.78, 5) is 6.58. The quantitative estimate of drug-likeness (QED) is 0.258. The first kappa shape index (κ1) is 20.9. The van der Waals surface area contributed by atoms with E-state index < -0.39 is 0 Å². The molecule has 0 spiro atoms. The molecule has 0 radical (unpaired) electrons. The third-order valence-corrected chi connectivity index (χ3v) is 4.31. The molecule has 2 nitrogen and oxygen atoms in total. The molecule has 0 aliphatic carbocycles. The van der Waals surface area contributed by atoms with Crippen molar-refractivity contribution in [1.29, 1.82) is 0 Å². The monoisotopic (exact) mass is 306 g/mol. The standard InChI is InChI=1S/C20H38N2/c1-6-10-12-14-16-20(5,15-13-11-7-2)22(9-4)19-18-21-17-8-3/h9,17-19H,4,6-8,10-16H2,1-3,5H3/b19-18-,21-17-. The van der Waals surface area contributed by atoms with Gasteiger partial charge in [-0.15, -0.1) is 0 Å². The van der Waals surface area contributed by atoms with E-state index in [0.717, 1.165) is 6.42 Å². The molecule has 0 aromatic carbocycles. The molecule has 0 amide bonds. The summed E-state index contributed by atoms with van der Waals surface area (Å²) in [6.07, 6.45) is 20.5. The minimum Gasteiger partial charge on any atom is -0.348 e. The van der Waals surface area contributed by atoms with Crippen LogP contribution in [0.5, 0.6) is 0 Å². The van der Waals surface area contributed by atoms with Crippen molar-refractivity contribution in [2.24, 2.45) is 4.99 Å². The Hall–Kier alpha value is -1.05. The van der Waals surface area contributed by atoms with Gasteiger partial charge in [-0.1, -0.05) is 72.3 Å². The largest absolute Gasteiger partial charge is 0.348 e. The van der Waals surface area contributed by atoms with E-state index in [2.05, 4.69) is 50.4 Å². The van der Waals surface area contributed by atoms with E-state index in [1.54, 1.807) is 0 Å². The number of unbranched alkanes of at least 4 members (excludes halogenated alkanes) is 5. The van der Waals surface area contributed by atoms with E-state index in [9.17, 15) is 0 Å². The second-order valence-electron chi connectivity index (χ2n) is 6.39. The van der Waals surface area contributed by atoms with Gasteiger partial charge >= 0.3 is 0 Å². The second kappa shape index (κ2) is 13.6. The summed E-state index contributed by atoms with van der Waals surface area (Å²) in [6.45, 7) is 13.0. The van der Waals surface area contributed by atoms with E-state index in [4.69, 9.17) is 0 Å². The Kier molecular flexibility index (Phi) is 13.0. The van der Waals surface area contributed by atoms with Crippen molar-refractivity contribution >= 4 is 6.21 Å². The molecule has 22 heavy (non-hydrogen) atoms. The fourth-order valence-corrected chi connectivity index (χ4v) is 2.81. The molecule has 0 aliphatic heterocycles. The fraction of sp³-hybridized carbons (Fsp3) is 0.750. The van der Waals surface area contributed by atoms with Crippen molar-refractivity contribution in [3.8, 4) is 0 Å². The predicted molar refractivity (Wildman–Crippen MR) is 101 cm³/mol. The van der Waals surface area contributed by atoms with Crippen LogP contribution in [-0.4, -0.2) is 16.7 Å². The van der Waals surface area contributed by atoms with Crippen LogP contribution in [-0.2, 0) is 0 Å². The predicted octanol–water partition coefficient (Wildman–Crippen LogP) is 6.69. The molecule has 2 heteroatoms. The van der Waals surface area contributed by atoms with Gasteiger partial charge in [0.25, 0.3) is 0 Å². The minimum atomic E-state index is 0.170. The van der Waals surface area contributed by atoms with Crippen LogP contribution < -0.4 is 0 Å². The molecule has 0 aromatic heterocycles. The summed E-state index contributed by atoms with van der Waals surface area (Å²) in [5, 5.41) is 0. The highest BCUT2D eigenvalue weighted by Crippen LogP contribution is 2.29. The molecule has 0 fully saturated rings. The Bertz CT molecular complexity index is 320. The first-order valence-corrected chi connectivity index (χ1v) is 9.23. The highest BCUT2D eigenvalue weighted by molar-refractivity contribution is 5.57. The van der Waals surface area contributed by atoms with Crippen molar-refractivity contribution in [3.05, 3.63) is 25.2 Å². The summed E-state index contributed by atoms with van der Waals surface area (Å²) in [5.41, 5.74) is 0.170. The van der Waals surface area contributed by atoms with E-state index in [-0.39, 0.29) is 5.54 Å². The molecule has 0 saturated heterocycles. The molecular formula is C20H38N2. The lowest BCUT2D eigenvalue weighted by Crippen LogP contribution is -2.39. The van der Waals surface area contributed by atoms with E-state index in [1.807, 2.05) is 18.6 Å². The number of hydrogen-bond donors (Lipinski definition) is 0. The summed E-state index contributed by atoms with van der Waals surface area (Å²) in [6, 6.07) is 0. The van der Waals surface area contributed by atoms with Crippen molar-refractivity contribution in [1.82, 2.24) is 4.90 Å². The Morgan fingerprint density at radius 1 is 0.955 bits per heavy atom. The molecule has 1 atom stereocenters. The maximum absolute atomic E-state index is 4.30. The summed E-state index contributed by atoms with van der Waals surface area (Å²) >= 11 is 0. The maximum Gasteiger partial charge on any atom is 0.0426 e. The first-order chi connectivity index (χ1) is 10.6. The average Bonchev–Trinajstić information content (AvgIpc) is 2.52. The second-order valence-corrected chi connectivity index (χ2v) is 6.39. The summed E-state index contributed by atoms with van der Waals surface area (Å²) < 4.78 is 0. The Labute approximate surface area is 139 Å². The van der Waals surface area contributed by atoms with Crippen molar-refractivity contribution in [3.63, 3.8) is 0 Å². The van der Waals surface area contributed by atoms with Crippen LogP contribution >= 0.6 is 0 Å². The van der Waals surface area contributed by atoms with Crippen LogP contribution in [0.1, 0.15) is 91.9 Å². The topological polar surface area (TPSA) is 15.6 Å². The SMILES string of the molecule is C=CN(/C=C\N=C/CC)C(C)(CCCCC)CCCCCC. The molecule has 0 saturated carbocycles. The number of hydrogen-bond acceptors (Lipinski definition) is 2. The molecule has 0 aliphatic rings. The molecule has 0 heterocycles. The highest BCUT2D eigenvalue weighted by Gasteiger charge is 2.27. The van der Waals surface area contributed by atoms with Crippen LogP contribution in [0.3, 0.4) is 0 Å². The molecule has 1 unspecified atom stereocenters. The third kappa shape index (κ3) is 9.07. The lowest BCUT2D eigenvalue weighted by atomic mass is 9.87. The van der Waals surface area contributed by atoms with Crippen LogP contribution in [0.15, 0.2) is 30.2 Å². The lowest BCUT2D eigenvalue weighted by molar-refractivity contribution is 0.184. The van der Waals surface area contributed by atoms with Gasteiger partial charge < -0.3 is 4.90 Å². The lowest BCUT2D eigenvalue weighted by Gasteiger charge is -2.39. The molecule has 0 rings (SSSR count). The van der Waals surface area contributed by atoms with Crippen LogP contribution in [0.2, 0.25) is 0 Å². The zero-order chi connectivity index (χ0) is 16.7. The van der Waals surface area contributed by atoms with Gasteiger partial charge in [0.15, 0.2) is 0 Å². The van der Waals surface area contributed by atoms with Crippen molar-refractivity contribution < 1.29 is 0 Å². The smallest absolute Gasteiger partial charge is 0.0426 e. The van der Waals surface area contributed by atoms with Crippen LogP contribution in [0.25, 0.3) is 0 Å². The summed E-state index contributed by atoms with van der Waals surface area (Å²) in [7, 11) is 0. The molecule has 0 N–H and O–H groups in total. The number of aliphatic imine (C=N–C) groups is 1. The van der Waals surface area contributed by atoms with Gasteiger partial charge in [0.05, 0.1) is 0 Å². The Balaban J connectivity index is 4.77.